The molecule has 1 saturated carbocycles. The number of hydrogen-bond donors (Lipinski definition) is 1. The molecule has 1 aliphatic rings. The Morgan fingerprint density at radius 3 is 2.79 bits per heavy atom. The lowest BCUT2D eigenvalue weighted by atomic mass is 9.99. The fourth-order valence-electron chi connectivity index (χ4n) is 3.07. The Kier molecular flexibility index (Phi) is 4.51. The molecule has 1 aliphatic carbocycles. The van der Waals surface area contributed by atoms with Gasteiger partial charge in [0.25, 0.3) is 5.91 Å². The van der Waals surface area contributed by atoms with Crippen LogP contribution in [0.4, 0.5) is 4.39 Å². The molecule has 1 amide bonds. The van der Waals surface area contributed by atoms with Crippen LogP contribution in [0, 0.1) is 30.0 Å². The van der Waals surface area contributed by atoms with E-state index in [0.717, 1.165) is 31.7 Å². The highest BCUT2D eigenvalue weighted by Crippen LogP contribution is 2.27. The fraction of sp³-hybridized carbons (Fsp3) is 0.438. The number of aromatic nitrogens is 4. The van der Waals surface area contributed by atoms with Crippen molar-refractivity contribution in [2.45, 2.75) is 38.6 Å². The van der Waals surface area contributed by atoms with E-state index in [9.17, 15) is 14.4 Å². The molecule has 7 nitrogen and oxygen atoms in total. The van der Waals surface area contributed by atoms with E-state index in [1.807, 2.05) is 0 Å². The Bertz CT molecular complexity index is 790. The standard InChI is InChI=1S/C16H17FN6O/c1-10-20-21-22-23(10)14-7-12(6-13(17)8-14)16(24)19-15(9-18)11-4-2-3-5-11/h6-8,11,15H,2-5H2,1H3,(H,19,24). The highest BCUT2D eigenvalue weighted by atomic mass is 19.1. The summed E-state index contributed by atoms with van der Waals surface area (Å²) in [6.45, 7) is 1.68. The van der Waals surface area contributed by atoms with E-state index in [1.165, 1.54) is 16.8 Å². The van der Waals surface area contributed by atoms with Gasteiger partial charge in [-0.15, -0.1) is 5.10 Å². The minimum absolute atomic E-state index is 0.137. The Labute approximate surface area is 138 Å². The molecule has 1 heterocycles. The van der Waals surface area contributed by atoms with Crippen molar-refractivity contribution in [2.24, 2.45) is 5.92 Å². The number of nitrogens with zero attached hydrogens (tertiary/aromatic N) is 5. The van der Waals surface area contributed by atoms with Gasteiger partial charge in [0.15, 0.2) is 5.82 Å². The van der Waals surface area contributed by atoms with Crippen molar-refractivity contribution in [1.29, 1.82) is 5.26 Å². The minimum atomic E-state index is -0.568. The lowest BCUT2D eigenvalue weighted by Crippen LogP contribution is -2.38. The van der Waals surface area contributed by atoms with Gasteiger partial charge < -0.3 is 5.32 Å². The van der Waals surface area contributed by atoms with Gasteiger partial charge in [-0.2, -0.15) is 9.94 Å². The van der Waals surface area contributed by atoms with Crippen LogP contribution in [-0.4, -0.2) is 32.2 Å². The molecule has 2 aromatic rings. The average Bonchev–Trinajstić information content (AvgIpc) is 3.23. The topological polar surface area (TPSA) is 96.5 Å². The number of rotatable bonds is 4. The van der Waals surface area contributed by atoms with E-state index in [-0.39, 0.29) is 11.5 Å². The smallest absolute Gasteiger partial charge is 0.252 e. The van der Waals surface area contributed by atoms with Gasteiger partial charge in [0.1, 0.15) is 11.9 Å². The summed E-state index contributed by atoms with van der Waals surface area (Å²) in [6, 6.07) is 5.49. The zero-order valence-electron chi connectivity index (χ0n) is 13.2. The molecule has 3 rings (SSSR count). The first kappa shape index (κ1) is 16.1. The van der Waals surface area contributed by atoms with Gasteiger partial charge in [-0.1, -0.05) is 12.8 Å². The molecular weight excluding hydrogens is 311 g/mol. The van der Waals surface area contributed by atoms with E-state index < -0.39 is 17.8 Å². The van der Waals surface area contributed by atoms with Crippen molar-refractivity contribution in [1.82, 2.24) is 25.5 Å². The van der Waals surface area contributed by atoms with Crippen LogP contribution in [0.2, 0.25) is 0 Å². The van der Waals surface area contributed by atoms with Crippen molar-refractivity contribution in [3.05, 3.63) is 35.4 Å². The molecule has 124 valence electrons. The zero-order chi connectivity index (χ0) is 17.1. The van der Waals surface area contributed by atoms with Crippen LogP contribution in [0.3, 0.4) is 0 Å². The highest BCUT2D eigenvalue weighted by molar-refractivity contribution is 5.95. The van der Waals surface area contributed by atoms with Gasteiger partial charge in [0, 0.05) is 5.56 Å². The Morgan fingerprint density at radius 2 is 2.17 bits per heavy atom. The van der Waals surface area contributed by atoms with Crippen molar-refractivity contribution in [3.63, 3.8) is 0 Å². The molecule has 24 heavy (non-hydrogen) atoms. The molecule has 0 bridgehead atoms. The van der Waals surface area contributed by atoms with Crippen LogP contribution in [0.1, 0.15) is 41.9 Å². The quantitative estimate of drug-likeness (QED) is 0.925. The number of amides is 1. The normalized spacial score (nSPS) is 15.9. The summed E-state index contributed by atoms with van der Waals surface area (Å²) < 4.78 is 15.3. The highest BCUT2D eigenvalue weighted by Gasteiger charge is 2.26. The molecule has 1 aromatic carbocycles. The summed E-state index contributed by atoms with van der Waals surface area (Å²) in [5.74, 6) is -0.400. The molecule has 0 spiro atoms. The predicted octanol–water partition coefficient (Wildman–Crippen LogP) is 1.92. The van der Waals surface area contributed by atoms with E-state index in [2.05, 4.69) is 26.9 Å². The third-order valence-corrected chi connectivity index (χ3v) is 4.31. The van der Waals surface area contributed by atoms with Gasteiger partial charge in [0.05, 0.1) is 11.8 Å². The first-order valence-corrected chi connectivity index (χ1v) is 7.85. The molecule has 0 aliphatic heterocycles. The number of nitrogens with one attached hydrogen (secondary N) is 1. The number of hydrogen-bond acceptors (Lipinski definition) is 5. The second kappa shape index (κ2) is 6.74. The Balaban J connectivity index is 1.83. The zero-order valence-corrected chi connectivity index (χ0v) is 13.2. The first-order chi connectivity index (χ1) is 11.6. The number of carbonyl (C=O) groups excluding carboxylic acids is 1. The lowest BCUT2D eigenvalue weighted by Gasteiger charge is -2.18. The second-order valence-electron chi connectivity index (χ2n) is 5.96. The molecule has 0 radical (unpaired) electrons. The van der Waals surface area contributed by atoms with Crippen molar-refractivity contribution >= 4 is 5.91 Å². The maximum atomic E-state index is 13.9. The average molecular weight is 328 g/mol. The lowest BCUT2D eigenvalue weighted by molar-refractivity contribution is 0.0934. The monoisotopic (exact) mass is 328 g/mol. The molecule has 1 N–H and O–H groups in total. The number of nitriles is 1. The van der Waals surface area contributed by atoms with Gasteiger partial charge in [-0.3, -0.25) is 4.79 Å². The molecular formula is C16H17FN6O. The Hall–Kier alpha value is -2.82. The summed E-state index contributed by atoms with van der Waals surface area (Å²) in [6.07, 6.45) is 4.00. The SMILES string of the molecule is Cc1nnnn1-c1cc(F)cc(C(=O)NC(C#N)C2CCCC2)c1. The van der Waals surface area contributed by atoms with Crippen LogP contribution in [-0.2, 0) is 0 Å². The van der Waals surface area contributed by atoms with E-state index in [1.54, 1.807) is 6.92 Å². The second-order valence-corrected chi connectivity index (χ2v) is 5.96. The summed E-state index contributed by atoms with van der Waals surface area (Å²) >= 11 is 0. The van der Waals surface area contributed by atoms with Crippen molar-refractivity contribution < 1.29 is 9.18 Å². The van der Waals surface area contributed by atoms with Gasteiger partial charge in [-0.05, 0) is 54.3 Å². The van der Waals surface area contributed by atoms with E-state index >= 15 is 0 Å². The third-order valence-electron chi connectivity index (χ3n) is 4.31. The summed E-state index contributed by atoms with van der Waals surface area (Å²) in [5.41, 5.74) is 0.496. The maximum absolute atomic E-state index is 13.9. The Morgan fingerprint density at radius 1 is 1.42 bits per heavy atom. The number of aryl methyl sites for hydroxylation is 1. The summed E-state index contributed by atoms with van der Waals surface area (Å²) in [4.78, 5) is 12.4. The largest absolute Gasteiger partial charge is 0.336 e. The van der Waals surface area contributed by atoms with Crippen LogP contribution in [0.5, 0.6) is 0 Å². The third kappa shape index (κ3) is 3.25. The number of carbonyl (C=O) groups is 1. The summed E-state index contributed by atoms with van der Waals surface area (Å²) in [5, 5.41) is 23.1. The van der Waals surface area contributed by atoms with E-state index in [0.29, 0.717) is 11.5 Å². The predicted molar refractivity (Wildman–Crippen MR) is 82.7 cm³/mol. The number of halogens is 1. The summed E-state index contributed by atoms with van der Waals surface area (Å²) in [7, 11) is 0. The van der Waals surface area contributed by atoms with Crippen LogP contribution in [0.15, 0.2) is 18.2 Å². The van der Waals surface area contributed by atoms with Crippen LogP contribution < -0.4 is 5.32 Å². The fourth-order valence-corrected chi connectivity index (χ4v) is 3.07. The minimum Gasteiger partial charge on any atom is -0.336 e. The molecule has 1 atom stereocenters. The van der Waals surface area contributed by atoms with E-state index in [4.69, 9.17) is 0 Å². The van der Waals surface area contributed by atoms with Crippen molar-refractivity contribution in [3.8, 4) is 11.8 Å². The molecule has 1 unspecified atom stereocenters. The van der Waals surface area contributed by atoms with Gasteiger partial charge in [-0.25, -0.2) is 4.39 Å². The molecule has 1 aromatic heterocycles. The molecule has 0 saturated heterocycles. The van der Waals surface area contributed by atoms with Gasteiger partial charge in [0.2, 0.25) is 0 Å². The molecule has 1 fully saturated rings. The van der Waals surface area contributed by atoms with Crippen LogP contribution >= 0.6 is 0 Å². The molecule has 8 heteroatoms. The van der Waals surface area contributed by atoms with Gasteiger partial charge >= 0.3 is 0 Å². The number of tetrazole rings is 1. The van der Waals surface area contributed by atoms with Crippen LogP contribution in [0.25, 0.3) is 5.69 Å². The maximum Gasteiger partial charge on any atom is 0.252 e. The number of benzene rings is 1. The first-order valence-electron chi connectivity index (χ1n) is 7.85. The van der Waals surface area contributed by atoms with Crippen molar-refractivity contribution in [2.75, 3.05) is 0 Å².